The number of rotatable bonds is 5. The van der Waals surface area contributed by atoms with Gasteiger partial charge in [-0.3, -0.25) is 16.0 Å². The average molecular weight is 560 g/mol. The summed E-state index contributed by atoms with van der Waals surface area (Å²) >= 11 is 0. The topological polar surface area (TPSA) is 51.4 Å². The Morgan fingerprint density at radius 2 is 1.02 bits per heavy atom. The third kappa shape index (κ3) is 4.74. The molecule has 3 unspecified atom stereocenters. The Morgan fingerprint density at radius 3 is 1.72 bits per heavy atom. The van der Waals surface area contributed by atoms with Gasteiger partial charge in [-0.2, -0.15) is 0 Å². The molecule has 210 valence electrons. The number of para-hydroxylation sites is 3. The van der Waals surface area contributed by atoms with Crippen LogP contribution in [0.4, 0.5) is 17.1 Å². The molecule has 0 saturated carbocycles. The van der Waals surface area contributed by atoms with E-state index in [-0.39, 0.29) is 24.7 Å². The standard InChI is InChI=1S/C38H33N5/c1-4-15-27(16-5-1)35-40-36(28-17-6-2-7-18-28)42-37(41-35)31-25-24-26-14-10-11-21-30(26)34(31)38-39-32-22-12-13-23-33(32)43(38)29-19-8-3-9-20-29/h1-25,35-42H. The van der Waals surface area contributed by atoms with E-state index in [2.05, 4.69) is 178 Å². The highest BCUT2D eigenvalue weighted by Gasteiger charge is 2.37. The second kappa shape index (κ2) is 11.0. The molecular weight excluding hydrogens is 526 g/mol. The molecule has 0 aliphatic carbocycles. The van der Waals surface area contributed by atoms with Crippen molar-refractivity contribution in [2.24, 2.45) is 0 Å². The fraction of sp³-hybridized carbons (Fsp3) is 0.105. The molecule has 0 aromatic heterocycles. The van der Waals surface area contributed by atoms with E-state index in [9.17, 15) is 0 Å². The predicted molar refractivity (Wildman–Crippen MR) is 176 cm³/mol. The summed E-state index contributed by atoms with van der Waals surface area (Å²) in [6.07, 6.45) is -0.323. The molecule has 4 N–H and O–H groups in total. The minimum Gasteiger partial charge on any atom is -0.359 e. The highest BCUT2D eigenvalue weighted by molar-refractivity contribution is 5.91. The highest BCUT2D eigenvalue weighted by Crippen LogP contribution is 2.48. The van der Waals surface area contributed by atoms with Crippen molar-refractivity contribution in [2.75, 3.05) is 10.2 Å². The van der Waals surface area contributed by atoms with Crippen molar-refractivity contribution in [1.29, 1.82) is 0 Å². The number of fused-ring (bicyclic) bond motifs is 2. The van der Waals surface area contributed by atoms with Crippen molar-refractivity contribution in [3.05, 3.63) is 174 Å². The molecule has 3 atom stereocenters. The maximum absolute atomic E-state index is 3.92. The molecule has 2 aliphatic heterocycles. The van der Waals surface area contributed by atoms with Crippen LogP contribution >= 0.6 is 0 Å². The molecule has 5 heteroatoms. The minimum atomic E-state index is -0.126. The first-order chi connectivity index (χ1) is 21.3. The zero-order valence-corrected chi connectivity index (χ0v) is 23.7. The quantitative estimate of drug-likeness (QED) is 0.171. The lowest BCUT2D eigenvalue weighted by molar-refractivity contribution is 0.202. The lowest BCUT2D eigenvalue weighted by Crippen LogP contribution is -2.54. The Morgan fingerprint density at radius 1 is 0.465 bits per heavy atom. The van der Waals surface area contributed by atoms with Gasteiger partial charge in [0.25, 0.3) is 0 Å². The van der Waals surface area contributed by atoms with Gasteiger partial charge in [-0.15, -0.1) is 0 Å². The van der Waals surface area contributed by atoms with E-state index in [1.54, 1.807) is 0 Å². The molecule has 2 aliphatic rings. The van der Waals surface area contributed by atoms with Gasteiger partial charge in [-0.05, 0) is 51.7 Å². The van der Waals surface area contributed by atoms with Crippen molar-refractivity contribution in [3.63, 3.8) is 0 Å². The number of benzene rings is 6. The normalized spacial score (nSPS) is 21.3. The molecule has 5 nitrogen and oxygen atoms in total. The van der Waals surface area contributed by atoms with Crippen LogP contribution in [0.2, 0.25) is 0 Å². The van der Waals surface area contributed by atoms with Gasteiger partial charge in [0.1, 0.15) is 6.17 Å². The summed E-state index contributed by atoms with van der Waals surface area (Å²) in [4.78, 5) is 2.44. The molecule has 1 saturated heterocycles. The fourth-order valence-corrected chi connectivity index (χ4v) is 6.60. The molecule has 0 radical (unpaired) electrons. The SMILES string of the molecule is c1ccc(C2NC(c3ccccc3)NC(c3ccc4ccccc4c3C3Nc4ccccc4N3c3ccccc3)N2)cc1. The molecule has 2 heterocycles. The number of hydrogen-bond acceptors (Lipinski definition) is 5. The Bertz CT molecular complexity index is 1810. The highest BCUT2D eigenvalue weighted by atomic mass is 15.4. The molecule has 6 aromatic rings. The molecule has 6 aromatic carbocycles. The van der Waals surface area contributed by atoms with E-state index in [0.29, 0.717) is 0 Å². The van der Waals surface area contributed by atoms with E-state index in [1.807, 2.05) is 0 Å². The van der Waals surface area contributed by atoms with Gasteiger partial charge in [-0.1, -0.05) is 127 Å². The van der Waals surface area contributed by atoms with Crippen LogP contribution in [0.5, 0.6) is 0 Å². The zero-order chi connectivity index (χ0) is 28.6. The maximum Gasteiger partial charge on any atom is 0.131 e. The van der Waals surface area contributed by atoms with Gasteiger partial charge in [0, 0.05) is 11.3 Å². The monoisotopic (exact) mass is 559 g/mol. The lowest BCUT2D eigenvalue weighted by Gasteiger charge is -2.41. The van der Waals surface area contributed by atoms with Gasteiger partial charge in [-0.25, -0.2) is 0 Å². The van der Waals surface area contributed by atoms with Crippen LogP contribution < -0.4 is 26.2 Å². The number of nitrogens with one attached hydrogen (secondary N) is 4. The molecule has 8 rings (SSSR count). The Balaban J connectivity index is 1.30. The maximum atomic E-state index is 3.92. The van der Waals surface area contributed by atoms with E-state index in [0.717, 1.165) is 11.4 Å². The first-order valence-corrected chi connectivity index (χ1v) is 14.9. The summed E-state index contributed by atoms with van der Waals surface area (Å²) in [5.74, 6) is 0. The van der Waals surface area contributed by atoms with Gasteiger partial charge in [0.2, 0.25) is 0 Å². The van der Waals surface area contributed by atoms with E-state index in [4.69, 9.17) is 0 Å². The van der Waals surface area contributed by atoms with E-state index in [1.165, 1.54) is 38.7 Å². The van der Waals surface area contributed by atoms with E-state index < -0.39 is 0 Å². The van der Waals surface area contributed by atoms with Crippen LogP contribution in [-0.4, -0.2) is 0 Å². The van der Waals surface area contributed by atoms with Crippen molar-refractivity contribution < 1.29 is 0 Å². The molecule has 0 amide bonds. The van der Waals surface area contributed by atoms with E-state index >= 15 is 0 Å². The minimum absolute atomic E-state index is 0.0454. The third-order valence-corrected chi connectivity index (χ3v) is 8.60. The van der Waals surface area contributed by atoms with Gasteiger partial charge in [0.05, 0.1) is 29.9 Å². The molecular formula is C38H33N5. The van der Waals surface area contributed by atoms with Crippen LogP contribution in [-0.2, 0) is 0 Å². The molecule has 0 spiro atoms. The largest absolute Gasteiger partial charge is 0.359 e. The first kappa shape index (κ1) is 25.7. The summed E-state index contributed by atoms with van der Waals surface area (Å²) < 4.78 is 0. The van der Waals surface area contributed by atoms with Crippen LogP contribution in [0, 0.1) is 0 Å². The third-order valence-electron chi connectivity index (χ3n) is 8.60. The van der Waals surface area contributed by atoms with Gasteiger partial charge < -0.3 is 10.2 Å². The van der Waals surface area contributed by atoms with Crippen molar-refractivity contribution >= 4 is 27.8 Å². The van der Waals surface area contributed by atoms with Crippen LogP contribution in [0.25, 0.3) is 10.8 Å². The second-order valence-corrected chi connectivity index (χ2v) is 11.2. The lowest BCUT2D eigenvalue weighted by atomic mass is 9.93. The van der Waals surface area contributed by atoms with Crippen LogP contribution in [0.15, 0.2) is 152 Å². The van der Waals surface area contributed by atoms with Crippen molar-refractivity contribution in [1.82, 2.24) is 16.0 Å². The number of anilines is 3. The fourth-order valence-electron chi connectivity index (χ4n) is 6.60. The number of hydrogen-bond donors (Lipinski definition) is 4. The Kier molecular flexibility index (Phi) is 6.61. The summed E-state index contributed by atoms with van der Waals surface area (Å²) in [6, 6.07) is 53.9. The smallest absolute Gasteiger partial charge is 0.131 e. The number of nitrogens with zero attached hydrogens (tertiary/aromatic N) is 1. The van der Waals surface area contributed by atoms with Gasteiger partial charge >= 0.3 is 0 Å². The van der Waals surface area contributed by atoms with Crippen LogP contribution in [0.1, 0.15) is 46.9 Å². The summed E-state index contributed by atoms with van der Waals surface area (Å²) in [5.41, 5.74) is 8.33. The zero-order valence-electron chi connectivity index (χ0n) is 23.7. The Hall–Kier alpha value is -4.94. The van der Waals surface area contributed by atoms with Gasteiger partial charge in [0.15, 0.2) is 0 Å². The first-order valence-electron chi connectivity index (χ1n) is 14.9. The van der Waals surface area contributed by atoms with Crippen molar-refractivity contribution in [3.8, 4) is 0 Å². The summed E-state index contributed by atoms with van der Waals surface area (Å²) in [5, 5.41) is 18.0. The molecule has 43 heavy (non-hydrogen) atoms. The average Bonchev–Trinajstić information content (AvgIpc) is 3.48. The molecule has 1 fully saturated rings. The van der Waals surface area contributed by atoms with Crippen LogP contribution in [0.3, 0.4) is 0 Å². The molecule has 0 bridgehead atoms. The second-order valence-electron chi connectivity index (χ2n) is 11.2. The predicted octanol–water partition coefficient (Wildman–Crippen LogP) is 8.28. The summed E-state index contributed by atoms with van der Waals surface area (Å²) in [7, 11) is 0. The Labute approximate surface area is 252 Å². The summed E-state index contributed by atoms with van der Waals surface area (Å²) in [6.45, 7) is 0. The van der Waals surface area contributed by atoms with Crippen molar-refractivity contribution in [2.45, 2.75) is 24.7 Å².